The van der Waals surface area contributed by atoms with Crippen LogP contribution in [0.15, 0.2) is 0 Å². The van der Waals surface area contributed by atoms with E-state index in [9.17, 15) is 0 Å². The van der Waals surface area contributed by atoms with E-state index in [2.05, 4.69) is 0 Å². The minimum Gasteiger partial charge on any atom is -1.00 e. The average Bonchev–Trinajstić information content (AvgIpc) is 0.811. The van der Waals surface area contributed by atoms with Crippen molar-refractivity contribution >= 4 is 75.4 Å². The first-order valence-electron chi connectivity index (χ1n) is 0.651. The van der Waals surface area contributed by atoms with Crippen LogP contribution >= 0.6 is 0 Å². The fraction of sp³-hybridized carbons (Fsp3) is 0. The SMILES string of the molecule is O=[Si](O)O.[AlH3].[Ba+2].[H-].[H-]. The van der Waals surface area contributed by atoms with E-state index in [1.807, 2.05) is 0 Å². The maximum atomic E-state index is 8.74. The van der Waals surface area contributed by atoms with E-state index in [0.29, 0.717) is 0 Å². The van der Waals surface area contributed by atoms with Gasteiger partial charge in [-0.05, 0) is 0 Å². The van der Waals surface area contributed by atoms with Crippen molar-refractivity contribution in [2.75, 3.05) is 0 Å². The van der Waals surface area contributed by atoms with Gasteiger partial charge in [0.25, 0.3) is 0 Å². The fourth-order valence-corrected chi connectivity index (χ4v) is 0. The minimum atomic E-state index is -3.13. The molecule has 0 atom stereocenters. The quantitative estimate of drug-likeness (QED) is 0.450. The van der Waals surface area contributed by atoms with Gasteiger partial charge in [0.1, 0.15) is 0 Å². The molecule has 0 aliphatic carbocycles. The molecule has 0 aromatic rings. The molecule has 0 unspecified atom stereocenters. The van der Waals surface area contributed by atoms with E-state index in [1.165, 1.54) is 0 Å². The van der Waals surface area contributed by atoms with Crippen molar-refractivity contribution in [1.29, 1.82) is 0 Å². The Labute approximate surface area is 90.8 Å². The minimum absolute atomic E-state index is 0. The first-order valence-corrected chi connectivity index (χ1v) is 1.95. The molecule has 3 nitrogen and oxygen atoms in total. The predicted octanol–water partition coefficient (Wildman–Crippen LogP) is -2.95. The van der Waals surface area contributed by atoms with Crippen LogP contribution in [0, 0.1) is 0 Å². The van der Waals surface area contributed by atoms with Gasteiger partial charge in [0.05, 0.1) is 0 Å². The summed E-state index contributed by atoms with van der Waals surface area (Å²) < 4.78 is 8.74. The van der Waals surface area contributed by atoms with Crippen molar-refractivity contribution in [1.82, 2.24) is 0 Å². The molecule has 0 bridgehead atoms. The Balaban J connectivity index is -0.00000000750. The molecule has 0 aliphatic rings. The molecule has 0 saturated carbocycles. The molecule has 6 heteroatoms. The Bertz CT molecular complexity index is 40.3. The molecule has 0 saturated heterocycles. The van der Waals surface area contributed by atoms with E-state index in [-0.39, 0.29) is 69.1 Å². The zero-order valence-corrected chi connectivity index (χ0v) is 7.95. The molecule has 0 rings (SSSR count). The molecule has 34 valence electrons. The van der Waals surface area contributed by atoms with Gasteiger partial charge in [-0.1, -0.05) is 0 Å². The molecule has 0 radical (unpaired) electrons. The van der Waals surface area contributed by atoms with Gasteiger partial charge in [-0.15, -0.1) is 0 Å². The molecule has 0 fully saturated rings. The van der Waals surface area contributed by atoms with Crippen LogP contribution in [-0.4, -0.2) is 85.0 Å². The number of rotatable bonds is 0. The molecule has 0 heterocycles. The second-order valence-corrected chi connectivity index (χ2v) is 0.848. The maximum Gasteiger partial charge on any atom is 2.00 e. The average molecular weight is 247 g/mol. The molecule has 0 aromatic carbocycles. The molecular weight excluding hydrogens is 240 g/mol. The van der Waals surface area contributed by atoms with E-state index in [0.717, 1.165) is 0 Å². The van der Waals surface area contributed by atoms with Gasteiger partial charge >= 0.3 is 58.1 Å². The smallest absolute Gasteiger partial charge is 1.00 e. The summed E-state index contributed by atoms with van der Waals surface area (Å²) in [4.78, 5) is 14.3. The van der Waals surface area contributed by atoms with Crippen LogP contribution < -0.4 is 0 Å². The van der Waals surface area contributed by atoms with Gasteiger partial charge in [-0.25, -0.2) is 0 Å². The monoisotopic (exact) mass is 248 g/mol. The summed E-state index contributed by atoms with van der Waals surface area (Å²) in [5.74, 6) is 0. The Kier molecular flexibility index (Phi) is 25.7. The summed E-state index contributed by atoms with van der Waals surface area (Å²) in [6, 6.07) is 0. The van der Waals surface area contributed by atoms with Crippen LogP contribution in [0.3, 0.4) is 0 Å². The predicted molar refractivity (Wildman–Crippen MR) is 28.8 cm³/mol. The molecule has 0 spiro atoms. The van der Waals surface area contributed by atoms with Gasteiger partial charge in [0.2, 0.25) is 0 Å². The number of hydrogen-bond donors (Lipinski definition) is 2. The first-order chi connectivity index (χ1) is 1.73. The van der Waals surface area contributed by atoms with Gasteiger partial charge < -0.3 is 12.4 Å². The second-order valence-electron chi connectivity index (χ2n) is 0.283. The molecule has 2 N–H and O–H groups in total. The Morgan fingerprint density at radius 3 is 1.50 bits per heavy atom. The van der Waals surface area contributed by atoms with Crippen molar-refractivity contribution in [3.05, 3.63) is 0 Å². The molecule has 0 aromatic heterocycles. The van der Waals surface area contributed by atoms with Crippen molar-refractivity contribution in [2.45, 2.75) is 0 Å². The third-order valence-corrected chi connectivity index (χ3v) is 0. The van der Waals surface area contributed by atoms with Crippen LogP contribution in [0.2, 0.25) is 0 Å². The summed E-state index contributed by atoms with van der Waals surface area (Å²) in [5.41, 5.74) is 0. The molecule has 6 heavy (non-hydrogen) atoms. The third kappa shape index (κ3) is 43.1. The summed E-state index contributed by atoms with van der Waals surface area (Å²) in [5, 5.41) is 0. The van der Waals surface area contributed by atoms with Gasteiger partial charge in [0, 0.05) is 0 Å². The third-order valence-electron chi connectivity index (χ3n) is 0. The standard InChI is InChI=1S/Al.Ba.H2O3Si.5H/c;;1-4(2)3;;;;;/h;;1-2H;;;;;/q;+2;;;;;2*-1. The van der Waals surface area contributed by atoms with Crippen LogP contribution in [0.5, 0.6) is 0 Å². The van der Waals surface area contributed by atoms with E-state index < -0.39 is 9.17 Å². The van der Waals surface area contributed by atoms with Crippen LogP contribution in [0.25, 0.3) is 0 Å². The zero-order valence-electron chi connectivity index (χ0n) is 4.51. The summed E-state index contributed by atoms with van der Waals surface area (Å²) in [6.07, 6.45) is 0. The summed E-state index contributed by atoms with van der Waals surface area (Å²) in [7, 11) is -3.13. The van der Waals surface area contributed by atoms with Crippen LogP contribution in [-0.2, 0) is 4.46 Å². The van der Waals surface area contributed by atoms with E-state index >= 15 is 0 Å². The first kappa shape index (κ1) is 15.6. The van der Waals surface area contributed by atoms with E-state index in [1.54, 1.807) is 0 Å². The van der Waals surface area contributed by atoms with Gasteiger partial charge in [-0.2, -0.15) is 0 Å². The van der Waals surface area contributed by atoms with Crippen LogP contribution in [0.1, 0.15) is 2.85 Å². The van der Waals surface area contributed by atoms with Gasteiger partial charge in [0.15, 0.2) is 17.4 Å². The van der Waals surface area contributed by atoms with Crippen molar-refractivity contribution in [2.24, 2.45) is 0 Å². The second kappa shape index (κ2) is 9.87. The molecular formula is H7AlBaO3Si. The summed E-state index contributed by atoms with van der Waals surface area (Å²) in [6.45, 7) is 0. The Morgan fingerprint density at radius 2 is 1.50 bits per heavy atom. The van der Waals surface area contributed by atoms with Gasteiger partial charge in [-0.3, -0.25) is 4.46 Å². The summed E-state index contributed by atoms with van der Waals surface area (Å²) >= 11 is 0. The van der Waals surface area contributed by atoms with Crippen LogP contribution in [0.4, 0.5) is 0 Å². The Hall–Kier alpha value is 1.72. The topological polar surface area (TPSA) is 57.5 Å². The Morgan fingerprint density at radius 1 is 1.50 bits per heavy atom. The molecule has 0 amide bonds. The van der Waals surface area contributed by atoms with Crippen molar-refractivity contribution in [3.63, 3.8) is 0 Å². The largest absolute Gasteiger partial charge is 2.00 e. The molecule has 0 aliphatic heterocycles. The number of hydrogen-bond acceptors (Lipinski definition) is 1. The fourth-order valence-electron chi connectivity index (χ4n) is 0. The van der Waals surface area contributed by atoms with Crippen molar-refractivity contribution in [3.8, 4) is 0 Å². The van der Waals surface area contributed by atoms with Crippen molar-refractivity contribution < 1.29 is 16.9 Å². The van der Waals surface area contributed by atoms with E-state index in [4.69, 9.17) is 14.1 Å². The normalized spacial score (nSPS) is 4.00. The zero-order chi connectivity index (χ0) is 3.58. The maximum absolute atomic E-state index is 8.74.